The fourth-order valence-electron chi connectivity index (χ4n) is 1.69. The average Bonchev–Trinajstić information content (AvgIpc) is 2.38. The molecule has 0 aromatic heterocycles. The summed E-state index contributed by atoms with van der Waals surface area (Å²) in [7, 11) is 1.71. The van der Waals surface area contributed by atoms with Gasteiger partial charge >= 0.3 is 6.09 Å². The maximum absolute atomic E-state index is 11.8. The minimum atomic E-state index is -0.479. The summed E-state index contributed by atoms with van der Waals surface area (Å²) in [6.45, 7) is 8.56. The number of carbonyl (C=O) groups excluding carboxylic acids is 1. The van der Waals surface area contributed by atoms with Gasteiger partial charge in [-0.3, -0.25) is 0 Å². The Labute approximate surface area is 135 Å². The Kier molecular flexibility index (Phi) is 6.52. The Balaban J connectivity index is 2.48. The molecule has 0 bridgehead atoms. The minimum Gasteiger partial charge on any atom is -0.491 e. The molecule has 0 heterocycles. The second-order valence-corrected chi connectivity index (χ2v) is 6.77. The van der Waals surface area contributed by atoms with E-state index in [4.69, 9.17) is 9.47 Å². The average molecular weight is 358 g/mol. The SMILES string of the molecule is CCc1cc(Br)ccc1OCCN(C)C(=O)OC(C)(C)C. The van der Waals surface area contributed by atoms with Gasteiger partial charge in [0.05, 0.1) is 6.54 Å². The molecule has 0 spiro atoms. The summed E-state index contributed by atoms with van der Waals surface area (Å²) in [6, 6.07) is 5.94. The Bertz CT molecular complexity index is 483. The van der Waals surface area contributed by atoms with E-state index < -0.39 is 5.60 Å². The highest BCUT2D eigenvalue weighted by Crippen LogP contribution is 2.23. The summed E-state index contributed by atoms with van der Waals surface area (Å²) in [6.07, 6.45) is 0.564. The topological polar surface area (TPSA) is 38.8 Å². The van der Waals surface area contributed by atoms with Crippen LogP contribution >= 0.6 is 15.9 Å². The smallest absolute Gasteiger partial charge is 0.410 e. The molecule has 4 nitrogen and oxygen atoms in total. The lowest BCUT2D eigenvalue weighted by atomic mass is 10.1. The van der Waals surface area contributed by atoms with Gasteiger partial charge in [0.25, 0.3) is 0 Å². The van der Waals surface area contributed by atoms with Crippen LogP contribution in [0.5, 0.6) is 5.75 Å². The van der Waals surface area contributed by atoms with E-state index >= 15 is 0 Å². The molecule has 0 radical (unpaired) electrons. The van der Waals surface area contributed by atoms with Crippen LogP contribution in [0.3, 0.4) is 0 Å². The van der Waals surface area contributed by atoms with Crippen molar-refractivity contribution in [1.29, 1.82) is 0 Å². The van der Waals surface area contributed by atoms with Gasteiger partial charge in [-0.25, -0.2) is 4.79 Å². The molecule has 0 atom stereocenters. The second kappa shape index (κ2) is 7.69. The molecule has 0 saturated carbocycles. The fourth-order valence-corrected chi connectivity index (χ4v) is 2.10. The number of carbonyl (C=O) groups is 1. The van der Waals surface area contributed by atoms with Crippen molar-refractivity contribution in [3.8, 4) is 5.75 Å². The normalized spacial score (nSPS) is 11.1. The zero-order valence-corrected chi connectivity index (χ0v) is 15.0. The molecule has 0 saturated heterocycles. The third-order valence-corrected chi connectivity index (χ3v) is 3.29. The number of hydrogen-bond donors (Lipinski definition) is 0. The van der Waals surface area contributed by atoms with Gasteiger partial charge in [-0.05, 0) is 51.0 Å². The molecule has 1 amide bonds. The third kappa shape index (κ3) is 6.38. The molecule has 0 aliphatic heterocycles. The number of hydrogen-bond acceptors (Lipinski definition) is 3. The minimum absolute atomic E-state index is 0.336. The summed E-state index contributed by atoms with van der Waals surface area (Å²) < 4.78 is 12.1. The first-order valence-corrected chi connectivity index (χ1v) is 7.87. The number of nitrogens with zero attached hydrogens (tertiary/aromatic N) is 1. The summed E-state index contributed by atoms with van der Waals surface area (Å²) >= 11 is 3.45. The van der Waals surface area contributed by atoms with E-state index in [0.717, 1.165) is 22.2 Å². The van der Waals surface area contributed by atoms with Crippen molar-refractivity contribution in [1.82, 2.24) is 4.90 Å². The van der Waals surface area contributed by atoms with Crippen molar-refractivity contribution in [3.63, 3.8) is 0 Å². The Morgan fingerprint density at radius 2 is 2.00 bits per heavy atom. The molecular formula is C16H24BrNO3. The van der Waals surface area contributed by atoms with Gasteiger partial charge in [0.15, 0.2) is 0 Å². The lowest BCUT2D eigenvalue weighted by Crippen LogP contribution is -2.36. The molecule has 1 aromatic carbocycles. The fraction of sp³-hybridized carbons (Fsp3) is 0.562. The number of benzene rings is 1. The van der Waals surface area contributed by atoms with Gasteiger partial charge in [-0.2, -0.15) is 0 Å². The highest BCUT2D eigenvalue weighted by molar-refractivity contribution is 9.10. The van der Waals surface area contributed by atoms with Crippen LogP contribution in [0.1, 0.15) is 33.3 Å². The molecule has 5 heteroatoms. The van der Waals surface area contributed by atoms with Gasteiger partial charge in [0.1, 0.15) is 18.0 Å². The summed E-state index contributed by atoms with van der Waals surface area (Å²) in [5, 5.41) is 0. The van der Waals surface area contributed by atoms with Crippen molar-refractivity contribution in [3.05, 3.63) is 28.2 Å². The van der Waals surface area contributed by atoms with Crippen molar-refractivity contribution in [2.75, 3.05) is 20.2 Å². The van der Waals surface area contributed by atoms with E-state index in [9.17, 15) is 4.79 Å². The number of ether oxygens (including phenoxy) is 2. The molecule has 1 aromatic rings. The highest BCUT2D eigenvalue weighted by atomic mass is 79.9. The number of rotatable bonds is 5. The number of aryl methyl sites for hydroxylation is 1. The molecular weight excluding hydrogens is 334 g/mol. The molecule has 0 unspecified atom stereocenters. The van der Waals surface area contributed by atoms with E-state index in [-0.39, 0.29) is 6.09 Å². The van der Waals surface area contributed by atoms with Gasteiger partial charge in [-0.15, -0.1) is 0 Å². The van der Waals surface area contributed by atoms with Gasteiger partial charge in [-0.1, -0.05) is 22.9 Å². The zero-order chi connectivity index (χ0) is 16.0. The quantitative estimate of drug-likeness (QED) is 0.790. The number of likely N-dealkylation sites (N-methyl/N-ethyl adjacent to an activating group) is 1. The molecule has 0 N–H and O–H groups in total. The lowest BCUT2D eigenvalue weighted by molar-refractivity contribution is 0.0278. The lowest BCUT2D eigenvalue weighted by Gasteiger charge is -2.24. The standard InChI is InChI=1S/C16H24BrNO3/c1-6-12-11-13(17)7-8-14(12)20-10-9-18(5)15(19)21-16(2,3)4/h7-8,11H,6,9-10H2,1-5H3. The second-order valence-electron chi connectivity index (χ2n) is 5.86. The Morgan fingerprint density at radius 1 is 1.33 bits per heavy atom. The van der Waals surface area contributed by atoms with Crippen molar-refractivity contribution < 1.29 is 14.3 Å². The first kappa shape index (κ1) is 17.8. The van der Waals surface area contributed by atoms with Crippen molar-refractivity contribution >= 4 is 22.0 Å². The van der Waals surface area contributed by atoms with Crippen LogP contribution in [0.15, 0.2) is 22.7 Å². The van der Waals surface area contributed by atoms with Gasteiger partial charge in [0, 0.05) is 11.5 Å². The van der Waals surface area contributed by atoms with E-state index in [1.807, 2.05) is 39.0 Å². The van der Waals surface area contributed by atoms with Crippen LogP contribution in [0.2, 0.25) is 0 Å². The van der Waals surface area contributed by atoms with Crippen LogP contribution in [0.25, 0.3) is 0 Å². The first-order valence-electron chi connectivity index (χ1n) is 7.08. The van der Waals surface area contributed by atoms with Crippen molar-refractivity contribution in [2.45, 2.75) is 39.7 Å². The third-order valence-electron chi connectivity index (χ3n) is 2.79. The van der Waals surface area contributed by atoms with Crippen LogP contribution in [0.4, 0.5) is 4.79 Å². The molecule has 118 valence electrons. The zero-order valence-electron chi connectivity index (χ0n) is 13.4. The van der Waals surface area contributed by atoms with Gasteiger partial charge in [0.2, 0.25) is 0 Å². The first-order chi connectivity index (χ1) is 9.73. The summed E-state index contributed by atoms with van der Waals surface area (Å²) in [5.41, 5.74) is 0.664. The molecule has 21 heavy (non-hydrogen) atoms. The number of halogens is 1. The molecule has 1 rings (SSSR count). The Morgan fingerprint density at radius 3 is 2.57 bits per heavy atom. The van der Waals surface area contributed by atoms with Crippen LogP contribution in [0, 0.1) is 0 Å². The predicted molar refractivity (Wildman–Crippen MR) is 87.9 cm³/mol. The molecule has 0 aliphatic carbocycles. The highest BCUT2D eigenvalue weighted by Gasteiger charge is 2.19. The Hall–Kier alpha value is -1.23. The predicted octanol–water partition coefficient (Wildman–Crippen LogP) is 4.26. The van der Waals surface area contributed by atoms with Gasteiger partial charge < -0.3 is 14.4 Å². The monoisotopic (exact) mass is 357 g/mol. The molecule has 0 aliphatic rings. The summed E-state index contributed by atoms with van der Waals surface area (Å²) in [4.78, 5) is 13.3. The van der Waals surface area contributed by atoms with Crippen molar-refractivity contribution in [2.24, 2.45) is 0 Å². The van der Waals surface area contributed by atoms with Crippen LogP contribution in [-0.4, -0.2) is 36.8 Å². The summed E-state index contributed by atoms with van der Waals surface area (Å²) in [5.74, 6) is 0.860. The molecule has 0 fully saturated rings. The largest absolute Gasteiger partial charge is 0.491 e. The van der Waals surface area contributed by atoms with Crippen LogP contribution in [-0.2, 0) is 11.2 Å². The maximum Gasteiger partial charge on any atom is 0.410 e. The van der Waals surface area contributed by atoms with Crippen LogP contribution < -0.4 is 4.74 Å². The van der Waals surface area contributed by atoms with E-state index in [1.54, 1.807) is 7.05 Å². The van der Waals surface area contributed by atoms with E-state index in [0.29, 0.717) is 13.2 Å². The maximum atomic E-state index is 11.8. The van der Waals surface area contributed by atoms with E-state index in [2.05, 4.69) is 22.9 Å². The van der Waals surface area contributed by atoms with E-state index in [1.165, 1.54) is 4.90 Å². The number of amides is 1.